The maximum Gasteiger partial charge on any atom is 0.0662 e. The molecule has 2 heteroatoms. The first kappa shape index (κ1) is 57.4. The average molecular weight is 878 g/mol. The number of aliphatic imine (C=N–C) groups is 2. The van der Waals surface area contributed by atoms with Gasteiger partial charge in [-0.3, -0.25) is 9.98 Å². The van der Waals surface area contributed by atoms with Crippen LogP contribution in [0.3, 0.4) is 0 Å². The van der Waals surface area contributed by atoms with E-state index in [9.17, 15) is 0 Å². The minimum atomic E-state index is 1.06. The van der Waals surface area contributed by atoms with Gasteiger partial charge in [0.25, 0.3) is 0 Å². The summed E-state index contributed by atoms with van der Waals surface area (Å²) in [5.74, 6) is 0. The first-order valence-corrected chi connectivity index (χ1v) is 28.4. The molecule has 0 amide bonds. The van der Waals surface area contributed by atoms with Crippen molar-refractivity contribution in [3.05, 3.63) is 84.0 Å². The number of aryl methyl sites for hydroxylation is 2. The lowest BCUT2D eigenvalue weighted by atomic mass is 10.0. The van der Waals surface area contributed by atoms with Crippen LogP contribution in [0.15, 0.2) is 82.8 Å². The van der Waals surface area contributed by atoms with E-state index in [-0.39, 0.29) is 0 Å². The molecule has 0 unspecified atom stereocenters. The predicted molar refractivity (Wildman–Crippen MR) is 291 cm³/mol. The number of para-hydroxylation sites is 2. The Morgan fingerprint density at radius 3 is 0.797 bits per heavy atom. The molecule has 0 heterocycles. The molecule has 0 aromatic heterocycles. The summed E-state index contributed by atoms with van der Waals surface area (Å²) in [7, 11) is 0. The first-order chi connectivity index (χ1) is 31.8. The van der Waals surface area contributed by atoms with Crippen molar-refractivity contribution in [3.8, 4) is 0 Å². The van der Waals surface area contributed by atoms with E-state index in [1.54, 1.807) is 0 Å². The molecule has 0 bridgehead atoms. The predicted octanol–water partition coefficient (Wildman–Crippen LogP) is 21.6. The SMILES string of the molecule is CCCCCCCCCCCCCCCCCCCC=CCCCc1ccccc1N=CC=Nc1ccccc1CCCC=CCCCCCCCCCCCCCCCCCCC. The van der Waals surface area contributed by atoms with Gasteiger partial charge in [-0.15, -0.1) is 0 Å². The van der Waals surface area contributed by atoms with Gasteiger partial charge in [-0.25, -0.2) is 0 Å². The summed E-state index contributed by atoms with van der Waals surface area (Å²) in [5, 5.41) is 0. The van der Waals surface area contributed by atoms with Crippen LogP contribution in [0, 0.1) is 0 Å². The quantitative estimate of drug-likeness (QED) is 0.0360. The number of hydrogen-bond acceptors (Lipinski definition) is 2. The highest BCUT2D eigenvalue weighted by atomic mass is 14.8. The maximum atomic E-state index is 4.82. The van der Waals surface area contributed by atoms with Gasteiger partial charge in [-0.05, 0) is 87.5 Å². The Labute approximate surface area is 399 Å². The van der Waals surface area contributed by atoms with Crippen molar-refractivity contribution in [2.45, 2.75) is 284 Å². The van der Waals surface area contributed by atoms with Crippen molar-refractivity contribution in [2.75, 3.05) is 0 Å². The van der Waals surface area contributed by atoms with Crippen LogP contribution < -0.4 is 0 Å². The number of nitrogens with zero attached hydrogens (tertiary/aromatic N) is 2. The first-order valence-electron chi connectivity index (χ1n) is 28.4. The summed E-state index contributed by atoms with van der Waals surface area (Å²) >= 11 is 0. The normalized spacial score (nSPS) is 12.1. The van der Waals surface area contributed by atoms with E-state index in [0.717, 1.165) is 49.9 Å². The highest BCUT2D eigenvalue weighted by molar-refractivity contribution is 6.17. The smallest absolute Gasteiger partial charge is 0.0662 e. The van der Waals surface area contributed by atoms with Crippen molar-refractivity contribution in [1.29, 1.82) is 0 Å². The van der Waals surface area contributed by atoms with Gasteiger partial charge in [0.1, 0.15) is 0 Å². The molecule has 0 spiro atoms. The zero-order chi connectivity index (χ0) is 45.3. The molecule has 0 aliphatic carbocycles. The van der Waals surface area contributed by atoms with Crippen LogP contribution in [0.2, 0.25) is 0 Å². The van der Waals surface area contributed by atoms with Crippen LogP contribution in [0.5, 0.6) is 0 Å². The minimum absolute atomic E-state index is 1.06. The average Bonchev–Trinajstić information content (AvgIpc) is 3.32. The second kappa shape index (κ2) is 46.8. The molecular weight excluding hydrogens is 773 g/mol. The topological polar surface area (TPSA) is 24.7 Å². The second-order valence-corrected chi connectivity index (χ2v) is 19.4. The summed E-state index contributed by atoms with van der Waals surface area (Å²) in [6.45, 7) is 4.61. The van der Waals surface area contributed by atoms with Gasteiger partial charge < -0.3 is 0 Å². The van der Waals surface area contributed by atoms with Crippen molar-refractivity contribution < 1.29 is 0 Å². The second-order valence-electron chi connectivity index (χ2n) is 19.4. The van der Waals surface area contributed by atoms with Gasteiger partial charge in [-0.1, -0.05) is 280 Å². The highest BCUT2D eigenvalue weighted by Crippen LogP contribution is 2.23. The van der Waals surface area contributed by atoms with Gasteiger partial charge >= 0.3 is 0 Å². The van der Waals surface area contributed by atoms with Crippen LogP contribution in [0.1, 0.15) is 282 Å². The molecule has 0 saturated carbocycles. The molecule has 64 heavy (non-hydrogen) atoms. The molecule has 0 aliphatic heterocycles. The Balaban J connectivity index is 1.45. The maximum absolute atomic E-state index is 4.82. The van der Waals surface area contributed by atoms with Crippen LogP contribution in [0.4, 0.5) is 11.4 Å². The summed E-state index contributed by atoms with van der Waals surface area (Å²) < 4.78 is 0. The third-order valence-electron chi connectivity index (χ3n) is 13.4. The Bertz CT molecular complexity index is 1280. The number of benzene rings is 2. The van der Waals surface area contributed by atoms with E-state index in [0.29, 0.717) is 0 Å². The van der Waals surface area contributed by atoms with Crippen molar-refractivity contribution in [3.63, 3.8) is 0 Å². The van der Waals surface area contributed by atoms with Gasteiger partial charge in [0.15, 0.2) is 0 Å². The lowest BCUT2D eigenvalue weighted by Crippen LogP contribution is -1.88. The van der Waals surface area contributed by atoms with E-state index in [1.165, 1.54) is 242 Å². The summed E-state index contributed by atoms with van der Waals surface area (Å²) in [6, 6.07) is 17.2. The van der Waals surface area contributed by atoms with Gasteiger partial charge in [0.2, 0.25) is 0 Å². The van der Waals surface area contributed by atoms with Crippen molar-refractivity contribution in [1.82, 2.24) is 0 Å². The summed E-state index contributed by atoms with van der Waals surface area (Å²) in [6.07, 6.45) is 71.4. The van der Waals surface area contributed by atoms with Crippen molar-refractivity contribution in [2.24, 2.45) is 9.98 Å². The van der Waals surface area contributed by atoms with E-state index in [4.69, 9.17) is 9.98 Å². The Morgan fingerprint density at radius 1 is 0.281 bits per heavy atom. The van der Waals surface area contributed by atoms with Crippen LogP contribution >= 0.6 is 0 Å². The largest absolute Gasteiger partial charge is 0.255 e. The molecule has 362 valence electrons. The molecule has 2 nitrogen and oxygen atoms in total. The Kier molecular flexibility index (Phi) is 41.9. The Hall–Kier alpha value is -2.74. The van der Waals surface area contributed by atoms with Gasteiger partial charge in [0.05, 0.1) is 11.4 Å². The molecule has 0 atom stereocenters. The standard InChI is InChI=1S/C62H104N2/c1-3-5-7-9-11-13-15-17-19-21-23-25-27-29-31-33-35-37-39-41-43-45-51-59-53-47-49-55-61(59)63-57-58-64-62-56-50-48-54-60(62)52-46-44-42-40-38-36-34-32-30-28-26-24-22-20-18-16-14-12-10-8-6-4-2/h39-42,47-50,53-58H,3-38,43-46,51-52H2,1-2H3. The van der Waals surface area contributed by atoms with Crippen molar-refractivity contribution >= 4 is 23.8 Å². The van der Waals surface area contributed by atoms with Crippen LogP contribution in [0.25, 0.3) is 0 Å². The molecule has 2 aromatic rings. The fourth-order valence-corrected chi connectivity index (χ4v) is 9.19. The monoisotopic (exact) mass is 877 g/mol. The van der Waals surface area contributed by atoms with Crippen LogP contribution in [-0.4, -0.2) is 12.4 Å². The number of unbranched alkanes of at least 4 members (excludes halogenated alkanes) is 36. The lowest BCUT2D eigenvalue weighted by Gasteiger charge is -2.05. The fourth-order valence-electron chi connectivity index (χ4n) is 9.19. The molecule has 0 N–H and O–H groups in total. The van der Waals surface area contributed by atoms with E-state index < -0.39 is 0 Å². The van der Waals surface area contributed by atoms with Crippen LogP contribution in [-0.2, 0) is 12.8 Å². The van der Waals surface area contributed by atoms with E-state index >= 15 is 0 Å². The van der Waals surface area contributed by atoms with Gasteiger partial charge in [-0.2, -0.15) is 0 Å². The molecule has 0 saturated heterocycles. The molecule has 2 aromatic carbocycles. The highest BCUT2D eigenvalue weighted by Gasteiger charge is 2.02. The van der Waals surface area contributed by atoms with E-state index in [1.807, 2.05) is 12.4 Å². The molecule has 0 aliphatic rings. The molecule has 2 rings (SSSR count). The lowest BCUT2D eigenvalue weighted by molar-refractivity contribution is 0.527. The summed E-state index contributed by atoms with van der Waals surface area (Å²) in [5.41, 5.74) is 4.78. The third-order valence-corrected chi connectivity index (χ3v) is 13.4. The third kappa shape index (κ3) is 36.5. The zero-order valence-corrected chi connectivity index (χ0v) is 42.7. The summed E-state index contributed by atoms with van der Waals surface area (Å²) in [4.78, 5) is 9.63. The number of hydrogen-bond donors (Lipinski definition) is 0. The fraction of sp³-hybridized carbons (Fsp3) is 0.710. The zero-order valence-electron chi connectivity index (χ0n) is 42.7. The molecule has 0 fully saturated rings. The minimum Gasteiger partial charge on any atom is -0.255 e. The molecule has 0 radical (unpaired) electrons. The van der Waals surface area contributed by atoms with E-state index in [2.05, 4.69) is 86.7 Å². The Morgan fingerprint density at radius 2 is 0.516 bits per heavy atom. The number of allylic oxidation sites excluding steroid dienone is 4. The van der Waals surface area contributed by atoms with Gasteiger partial charge in [0, 0.05) is 12.4 Å². The number of rotatable bonds is 47. The molecular formula is C62H104N2.